The van der Waals surface area contributed by atoms with Gasteiger partial charge in [-0.1, -0.05) is 31.2 Å². The largest absolute Gasteiger partial charge is 0.342 e. The lowest BCUT2D eigenvalue weighted by Crippen LogP contribution is -2.46. The fraction of sp³-hybridized carbons (Fsp3) is 0.696. The van der Waals surface area contributed by atoms with Crippen LogP contribution in [0.3, 0.4) is 0 Å². The van der Waals surface area contributed by atoms with Crippen molar-refractivity contribution in [2.24, 2.45) is 11.8 Å². The first-order valence-corrected chi connectivity index (χ1v) is 10.8. The summed E-state index contributed by atoms with van der Waals surface area (Å²) in [5, 5.41) is 0. The predicted octanol–water partition coefficient (Wildman–Crippen LogP) is 4.08. The number of rotatable bonds is 3. The number of carbonyl (C=O) groups excluding carboxylic acids is 1. The summed E-state index contributed by atoms with van der Waals surface area (Å²) in [6, 6.07) is 8.61. The fourth-order valence-electron chi connectivity index (χ4n) is 5.25. The van der Waals surface area contributed by atoms with E-state index in [0.717, 1.165) is 38.3 Å². The van der Waals surface area contributed by atoms with Crippen molar-refractivity contribution in [2.45, 2.75) is 57.8 Å². The molecule has 0 N–H and O–H groups in total. The quantitative estimate of drug-likeness (QED) is 0.817. The number of fused-ring (bicyclic) bond motifs is 1. The number of likely N-dealkylation sites (tertiary alicyclic amines) is 2. The van der Waals surface area contributed by atoms with Crippen molar-refractivity contribution in [1.29, 1.82) is 0 Å². The van der Waals surface area contributed by atoms with E-state index in [2.05, 4.69) is 41.0 Å². The van der Waals surface area contributed by atoms with E-state index in [-0.39, 0.29) is 5.92 Å². The number of hydrogen-bond donors (Lipinski definition) is 0. The Morgan fingerprint density at radius 2 is 1.85 bits per heavy atom. The van der Waals surface area contributed by atoms with Gasteiger partial charge in [0.1, 0.15) is 0 Å². The van der Waals surface area contributed by atoms with Crippen molar-refractivity contribution < 1.29 is 4.79 Å². The molecule has 0 bridgehead atoms. The Balaban J connectivity index is 1.38. The molecule has 3 heteroatoms. The number of carbonyl (C=O) groups is 1. The summed E-state index contributed by atoms with van der Waals surface area (Å²) in [4.78, 5) is 18.2. The average Bonchev–Trinajstić information content (AvgIpc) is 2.69. The summed E-state index contributed by atoms with van der Waals surface area (Å²) >= 11 is 0. The van der Waals surface area contributed by atoms with E-state index >= 15 is 0 Å². The average molecular weight is 355 g/mol. The molecular weight excluding hydrogens is 320 g/mol. The lowest BCUT2D eigenvalue weighted by atomic mass is 9.81. The summed E-state index contributed by atoms with van der Waals surface area (Å²) in [7, 11) is 0. The molecule has 0 radical (unpaired) electrons. The van der Waals surface area contributed by atoms with Gasteiger partial charge in [0.15, 0.2) is 0 Å². The van der Waals surface area contributed by atoms with E-state index in [1.165, 1.54) is 56.4 Å². The third kappa shape index (κ3) is 3.98. The zero-order chi connectivity index (χ0) is 17.9. The number of aryl methyl sites for hydroxylation is 1. The molecule has 2 atom stereocenters. The topological polar surface area (TPSA) is 23.6 Å². The zero-order valence-electron chi connectivity index (χ0n) is 16.3. The molecule has 0 unspecified atom stereocenters. The first-order valence-electron chi connectivity index (χ1n) is 10.8. The molecule has 4 rings (SSSR count). The molecule has 3 nitrogen and oxygen atoms in total. The van der Waals surface area contributed by atoms with E-state index in [4.69, 9.17) is 0 Å². The molecule has 0 spiro atoms. The summed E-state index contributed by atoms with van der Waals surface area (Å²) < 4.78 is 0. The Bertz CT molecular complexity index is 620. The van der Waals surface area contributed by atoms with Gasteiger partial charge in [0.2, 0.25) is 5.91 Å². The van der Waals surface area contributed by atoms with Crippen molar-refractivity contribution in [2.75, 3.05) is 32.7 Å². The molecule has 142 valence electrons. The maximum absolute atomic E-state index is 13.3. The first-order chi connectivity index (χ1) is 12.7. The van der Waals surface area contributed by atoms with Crippen LogP contribution in [0.1, 0.15) is 62.5 Å². The molecule has 26 heavy (non-hydrogen) atoms. The lowest BCUT2D eigenvalue weighted by Gasteiger charge is -2.39. The fourth-order valence-corrected chi connectivity index (χ4v) is 5.25. The van der Waals surface area contributed by atoms with Gasteiger partial charge in [-0.25, -0.2) is 0 Å². The van der Waals surface area contributed by atoms with Crippen LogP contribution in [0, 0.1) is 11.8 Å². The van der Waals surface area contributed by atoms with Crippen LogP contribution in [0.2, 0.25) is 0 Å². The minimum atomic E-state index is 0.106. The Kier molecular flexibility index (Phi) is 5.63. The predicted molar refractivity (Wildman–Crippen MR) is 106 cm³/mol. The van der Waals surface area contributed by atoms with Crippen molar-refractivity contribution >= 4 is 5.91 Å². The first kappa shape index (κ1) is 18.0. The van der Waals surface area contributed by atoms with Gasteiger partial charge in [-0.05, 0) is 81.0 Å². The molecule has 2 saturated heterocycles. The summed E-state index contributed by atoms with van der Waals surface area (Å²) in [5.41, 5.74) is 2.70. The van der Waals surface area contributed by atoms with Gasteiger partial charge in [-0.2, -0.15) is 0 Å². The highest BCUT2D eigenvalue weighted by Crippen LogP contribution is 2.34. The van der Waals surface area contributed by atoms with Gasteiger partial charge >= 0.3 is 0 Å². The lowest BCUT2D eigenvalue weighted by molar-refractivity contribution is -0.135. The molecule has 2 heterocycles. The van der Waals surface area contributed by atoms with Crippen LogP contribution in [0.15, 0.2) is 24.3 Å². The molecule has 1 aromatic carbocycles. The van der Waals surface area contributed by atoms with Gasteiger partial charge < -0.3 is 9.80 Å². The van der Waals surface area contributed by atoms with Gasteiger partial charge in [0.25, 0.3) is 0 Å². The molecular formula is C23H34N2O. The molecule has 1 amide bonds. The van der Waals surface area contributed by atoms with Crippen LogP contribution in [0.5, 0.6) is 0 Å². The standard InChI is InChI=1S/C23H34N2O/c1-18-11-14-24(15-12-18)16-19-6-5-13-25(17-19)23(26)22-10-4-8-20-7-2-3-9-21(20)22/h2-3,7,9,18-19,22H,4-6,8,10-17H2,1H3/t19-,22+/m1/s1. The van der Waals surface area contributed by atoms with Crippen molar-refractivity contribution in [3.63, 3.8) is 0 Å². The Morgan fingerprint density at radius 1 is 1.04 bits per heavy atom. The molecule has 1 aromatic rings. The van der Waals surface area contributed by atoms with Gasteiger partial charge in [0.05, 0.1) is 5.92 Å². The number of hydrogen-bond acceptors (Lipinski definition) is 2. The normalized spacial score (nSPS) is 28.0. The maximum atomic E-state index is 13.3. The second kappa shape index (κ2) is 8.12. The second-order valence-electron chi connectivity index (χ2n) is 8.92. The minimum Gasteiger partial charge on any atom is -0.342 e. The van der Waals surface area contributed by atoms with Crippen molar-refractivity contribution in [3.8, 4) is 0 Å². The number of benzene rings is 1. The molecule has 2 aliphatic heterocycles. The molecule has 0 aromatic heterocycles. The van der Waals surface area contributed by atoms with Crippen LogP contribution in [-0.4, -0.2) is 48.4 Å². The van der Waals surface area contributed by atoms with Crippen LogP contribution in [0.4, 0.5) is 0 Å². The van der Waals surface area contributed by atoms with Crippen molar-refractivity contribution in [1.82, 2.24) is 9.80 Å². The SMILES string of the molecule is CC1CCN(C[C@H]2CCCN(C(=O)[C@H]3CCCc4ccccc43)C2)CC1. The van der Waals surface area contributed by atoms with E-state index in [1.54, 1.807) is 0 Å². The Labute approximate surface area is 158 Å². The summed E-state index contributed by atoms with van der Waals surface area (Å²) in [5.74, 6) is 2.06. The zero-order valence-corrected chi connectivity index (χ0v) is 16.3. The van der Waals surface area contributed by atoms with Crippen LogP contribution in [0.25, 0.3) is 0 Å². The highest BCUT2D eigenvalue weighted by Gasteiger charge is 2.33. The number of amides is 1. The number of nitrogens with zero attached hydrogens (tertiary/aromatic N) is 2. The monoisotopic (exact) mass is 354 g/mol. The van der Waals surface area contributed by atoms with Crippen LogP contribution in [-0.2, 0) is 11.2 Å². The van der Waals surface area contributed by atoms with E-state index < -0.39 is 0 Å². The van der Waals surface area contributed by atoms with Gasteiger partial charge in [-0.3, -0.25) is 4.79 Å². The molecule has 2 fully saturated rings. The van der Waals surface area contributed by atoms with Crippen LogP contribution >= 0.6 is 0 Å². The number of piperidine rings is 2. The van der Waals surface area contributed by atoms with E-state index in [9.17, 15) is 4.79 Å². The van der Waals surface area contributed by atoms with Crippen molar-refractivity contribution in [3.05, 3.63) is 35.4 Å². The van der Waals surface area contributed by atoms with Gasteiger partial charge in [-0.15, -0.1) is 0 Å². The minimum absolute atomic E-state index is 0.106. The third-order valence-electron chi connectivity index (χ3n) is 6.89. The third-order valence-corrected chi connectivity index (χ3v) is 6.89. The molecule has 1 aliphatic carbocycles. The summed E-state index contributed by atoms with van der Waals surface area (Å²) in [6.07, 6.45) is 8.46. The summed E-state index contributed by atoms with van der Waals surface area (Å²) in [6.45, 7) is 8.01. The molecule has 0 saturated carbocycles. The van der Waals surface area contributed by atoms with Crippen LogP contribution < -0.4 is 0 Å². The Morgan fingerprint density at radius 3 is 2.69 bits per heavy atom. The van der Waals surface area contributed by atoms with E-state index in [1.807, 2.05) is 0 Å². The van der Waals surface area contributed by atoms with Gasteiger partial charge in [0, 0.05) is 19.6 Å². The second-order valence-corrected chi connectivity index (χ2v) is 8.92. The maximum Gasteiger partial charge on any atom is 0.230 e. The highest BCUT2D eigenvalue weighted by molar-refractivity contribution is 5.84. The Hall–Kier alpha value is -1.35. The molecule has 3 aliphatic rings. The smallest absolute Gasteiger partial charge is 0.230 e. The van der Waals surface area contributed by atoms with E-state index in [0.29, 0.717) is 11.8 Å². The highest BCUT2D eigenvalue weighted by atomic mass is 16.2.